The summed E-state index contributed by atoms with van der Waals surface area (Å²) in [5.74, 6) is 0.170. The molecule has 2 aromatic rings. The number of rotatable bonds is 5. The van der Waals surface area contributed by atoms with Crippen molar-refractivity contribution in [2.45, 2.75) is 11.8 Å². The van der Waals surface area contributed by atoms with Gasteiger partial charge in [-0.3, -0.25) is 5.32 Å². The third kappa shape index (κ3) is 4.97. The summed E-state index contributed by atoms with van der Waals surface area (Å²) in [5.41, 5.74) is 0.414. The molecule has 0 atom stereocenters. The quantitative estimate of drug-likeness (QED) is 0.747. The van der Waals surface area contributed by atoms with Crippen LogP contribution in [0.2, 0.25) is 0 Å². The Labute approximate surface area is 152 Å². The molecule has 0 fully saturated rings. The largest absolute Gasteiger partial charge is 0.467 e. The van der Waals surface area contributed by atoms with E-state index in [4.69, 9.17) is 4.74 Å². The fourth-order valence-corrected chi connectivity index (χ4v) is 3.23. The average molecular weight is 428 g/mol. The molecule has 0 radical (unpaired) electrons. The number of nitrogens with one attached hydrogen (secondary N) is 2. The molecule has 1 heterocycles. The number of hydrogen-bond acceptors (Lipinski definition) is 7. The van der Waals surface area contributed by atoms with E-state index >= 15 is 0 Å². The molecule has 9 nitrogen and oxygen atoms in total. The summed E-state index contributed by atoms with van der Waals surface area (Å²) in [6, 6.07) is 5.21. The smallest absolute Gasteiger partial charge is 0.335 e. The maximum Gasteiger partial charge on any atom is 0.335 e. The van der Waals surface area contributed by atoms with Crippen molar-refractivity contribution in [3.8, 4) is 6.01 Å². The van der Waals surface area contributed by atoms with E-state index in [1.807, 2.05) is 4.72 Å². The van der Waals surface area contributed by atoms with Crippen LogP contribution in [0.1, 0.15) is 11.4 Å². The SMILES string of the molecule is COc1nc(C)nc(NC(=O)NS(=O)(=O)c2ccccc2/C=C/Br)n1. The van der Waals surface area contributed by atoms with E-state index in [9.17, 15) is 13.2 Å². The Morgan fingerprint density at radius 3 is 2.64 bits per heavy atom. The van der Waals surface area contributed by atoms with Gasteiger partial charge in [-0.15, -0.1) is 0 Å². The summed E-state index contributed by atoms with van der Waals surface area (Å²) >= 11 is 3.09. The average Bonchev–Trinajstić information content (AvgIpc) is 2.54. The van der Waals surface area contributed by atoms with Crippen molar-refractivity contribution >= 4 is 44.0 Å². The van der Waals surface area contributed by atoms with Gasteiger partial charge < -0.3 is 4.74 Å². The van der Waals surface area contributed by atoms with E-state index in [0.29, 0.717) is 11.4 Å². The summed E-state index contributed by atoms with van der Waals surface area (Å²) in [6.45, 7) is 1.58. The molecule has 0 spiro atoms. The zero-order valence-corrected chi connectivity index (χ0v) is 15.6. The molecule has 0 saturated heterocycles. The Hall–Kier alpha value is -2.53. The van der Waals surface area contributed by atoms with E-state index in [-0.39, 0.29) is 16.9 Å². The van der Waals surface area contributed by atoms with E-state index in [1.54, 1.807) is 31.2 Å². The highest BCUT2D eigenvalue weighted by molar-refractivity contribution is 9.11. The van der Waals surface area contributed by atoms with Gasteiger partial charge in [-0.05, 0) is 29.6 Å². The zero-order chi connectivity index (χ0) is 18.4. The molecule has 11 heteroatoms. The van der Waals surface area contributed by atoms with Crippen LogP contribution in [0.15, 0.2) is 34.1 Å². The lowest BCUT2D eigenvalue weighted by Gasteiger charge is -2.10. The molecule has 0 unspecified atom stereocenters. The van der Waals surface area contributed by atoms with Crippen molar-refractivity contribution < 1.29 is 17.9 Å². The van der Waals surface area contributed by atoms with Gasteiger partial charge in [-0.1, -0.05) is 34.1 Å². The van der Waals surface area contributed by atoms with Gasteiger partial charge in [0.2, 0.25) is 5.95 Å². The van der Waals surface area contributed by atoms with Gasteiger partial charge in [-0.2, -0.15) is 15.0 Å². The second-order valence-corrected chi connectivity index (χ2v) is 6.76. The molecular weight excluding hydrogens is 414 g/mol. The van der Waals surface area contributed by atoms with E-state index in [1.165, 1.54) is 18.2 Å². The van der Waals surface area contributed by atoms with Crippen LogP contribution in [-0.4, -0.2) is 36.5 Å². The molecule has 0 saturated carbocycles. The van der Waals surface area contributed by atoms with Gasteiger partial charge in [0.15, 0.2) is 0 Å². The molecule has 2 amide bonds. The van der Waals surface area contributed by atoms with Crippen LogP contribution in [0.5, 0.6) is 6.01 Å². The Bertz CT molecular complexity index is 917. The van der Waals surface area contributed by atoms with Gasteiger partial charge in [0.25, 0.3) is 10.0 Å². The molecule has 1 aromatic carbocycles. The first-order valence-corrected chi connectivity index (χ1v) is 9.22. The Balaban J connectivity index is 2.21. The minimum Gasteiger partial charge on any atom is -0.467 e. The summed E-state index contributed by atoms with van der Waals surface area (Å²) in [5, 5.41) is 2.24. The fourth-order valence-electron chi connectivity index (χ4n) is 1.84. The second-order valence-electron chi connectivity index (χ2n) is 4.58. The number of ether oxygens (including phenoxy) is 1. The molecule has 132 valence electrons. The normalized spacial score (nSPS) is 11.3. The highest BCUT2D eigenvalue weighted by atomic mass is 79.9. The Kier molecular flexibility index (Phi) is 6.04. The molecule has 0 aliphatic heterocycles. The predicted molar refractivity (Wildman–Crippen MR) is 94.9 cm³/mol. The minimum absolute atomic E-state index is 0.00143. The number of hydrogen-bond donors (Lipinski definition) is 2. The zero-order valence-electron chi connectivity index (χ0n) is 13.2. The first-order chi connectivity index (χ1) is 11.9. The summed E-state index contributed by atoms with van der Waals surface area (Å²) in [6.07, 6.45) is 1.55. The van der Waals surface area contributed by atoms with Crippen LogP contribution in [0.25, 0.3) is 6.08 Å². The van der Waals surface area contributed by atoms with Crippen LogP contribution in [0.4, 0.5) is 10.7 Å². The van der Waals surface area contributed by atoms with Crippen LogP contribution < -0.4 is 14.8 Å². The fraction of sp³-hybridized carbons (Fsp3) is 0.143. The summed E-state index contributed by atoms with van der Waals surface area (Å²) in [7, 11) is -2.74. The van der Waals surface area contributed by atoms with E-state index in [2.05, 4.69) is 36.2 Å². The summed E-state index contributed by atoms with van der Waals surface area (Å²) in [4.78, 5) is 25.0. The number of nitrogens with zero attached hydrogens (tertiary/aromatic N) is 3. The molecule has 0 aliphatic rings. The summed E-state index contributed by atoms with van der Waals surface area (Å²) < 4.78 is 31.6. The van der Waals surface area contributed by atoms with Gasteiger partial charge >= 0.3 is 12.0 Å². The number of amides is 2. The predicted octanol–water partition coefficient (Wildman–Crippen LogP) is 2.06. The lowest BCUT2D eigenvalue weighted by Crippen LogP contribution is -2.35. The third-order valence-electron chi connectivity index (χ3n) is 2.81. The van der Waals surface area contributed by atoms with Gasteiger partial charge in [0.1, 0.15) is 5.82 Å². The monoisotopic (exact) mass is 427 g/mol. The standard InChI is InChI=1S/C14H14BrN5O4S/c1-9-16-12(19-14(17-9)24-2)18-13(21)20-25(22,23)11-6-4-3-5-10(11)7-8-15/h3-8H,1-2H3,(H2,16,17,18,19,20,21)/b8-7+. The molecule has 2 N–H and O–H groups in total. The molecule has 0 aliphatic carbocycles. The first-order valence-electron chi connectivity index (χ1n) is 6.82. The third-order valence-corrected chi connectivity index (χ3v) is 4.48. The number of sulfonamides is 1. The Morgan fingerprint density at radius 1 is 1.24 bits per heavy atom. The number of methoxy groups -OCH3 is 1. The van der Waals surface area contributed by atoms with Gasteiger partial charge in [0, 0.05) is 0 Å². The number of carbonyl (C=O) groups excluding carboxylic acids is 1. The van der Waals surface area contributed by atoms with Crippen molar-refractivity contribution in [2.24, 2.45) is 0 Å². The Morgan fingerprint density at radius 2 is 1.96 bits per heavy atom. The lowest BCUT2D eigenvalue weighted by atomic mass is 10.2. The molecule has 0 bridgehead atoms. The first kappa shape index (κ1) is 18.8. The lowest BCUT2D eigenvalue weighted by molar-refractivity contribution is 0.256. The number of aryl methyl sites for hydroxylation is 1. The van der Waals surface area contributed by atoms with Crippen LogP contribution in [0, 0.1) is 6.92 Å². The van der Waals surface area contributed by atoms with Crippen molar-refractivity contribution in [1.82, 2.24) is 19.7 Å². The maximum atomic E-state index is 12.4. The number of aromatic nitrogens is 3. The highest BCUT2D eigenvalue weighted by Crippen LogP contribution is 2.17. The maximum absolute atomic E-state index is 12.4. The van der Waals surface area contributed by atoms with Crippen molar-refractivity contribution in [3.05, 3.63) is 40.6 Å². The van der Waals surface area contributed by atoms with E-state index in [0.717, 1.165) is 0 Å². The van der Waals surface area contributed by atoms with Crippen molar-refractivity contribution in [1.29, 1.82) is 0 Å². The molecule has 25 heavy (non-hydrogen) atoms. The molecule has 2 rings (SSSR count). The van der Waals surface area contributed by atoms with Gasteiger partial charge in [-0.25, -0.2) is 17.9 Å². The van der Waals surface area contributed by atoms with E-state index < -0.39 is 16.1 Å². The minimum atomic E-state index is -4.09. The highest BCUT2D eigenvalue weighted by Gasteiger charge is 2.21. The van der Waals surface area contributed by atoms with Crippen molar-refractivity contribution in [3.63, 3.8) is 0 Å². The number of benzene rings is 1. The topological polar surface area (TPSA) is 123 Å². The molecular formula is C14H14BrN5O4S. The number of urea groups is 1. The van der Waals surface area contributed by atoms with Crippen LogP contribution in [0.3, 0.4) is 0 Å². The van der Waals surface area contributed by atoms with Gasteiger partial charge in [0.05, 0.1) is 12.0 Å². The van der Waals surface area contributed by atoms with Crippen LogP contribution in [-0.2, 0) is 10.0 Å². The van der Waals surface area contributed by atoms with Crippen molar-refractivity contribution in [2.75, 3.05) is 12.4 Å². The number of halogens is 1. The van der Waals surface area contributed by atoms with Crippen LogP contribution >= 0.6 is 15.9 Å². The second kappa shape index (κ2) is 8.03. The molecule has 1 aromatic heterocycles. The number of carbonyl (C=O) groups is 1. The number of anilines is 1.